The Morgan fingerprint density at radius 1 is 1.39 bits per heavy atom. The van der Waals surface area contributed by atoms with E-state index in [9.17, 15) is 4.79 Å². The second kappa shape index (κ2) is 6.75. The van der Waals surface area contributed by atoms with Gasteiger partial charge in [-0.15, -0.1) is 11.3 Å². The van der Waals surface area contributed by atoms with E-state index >= 15 is 0 Å². The van der Waals surface area contributed by atoms with Crippen LogP contribution >= 0.6 is 23.1 Å². The lowest BCUT2D eigenvalue weighted by molar-refractivity contribution is -0.119. The minimum atomic E-state index is 0.0455. The topological polar surface area (TPSA) is 64.1 Å². The highest BCUT2D eigenvalue weighted by atomic mass is 32.2. The smallest absolute Gasteiger partial charge is 0.230 e. The molecule has 2 aromatic heterocycles. The van der Waals surface area contributed by atoms with Gasteiger partial charge in [-0.25, -0.2) is 9.97 Å². The molecule has 1 N–H and O–H groups in total. The predicted molar refractivity (Wildman–Crippen MR) is 92.1 cm³/mol. The molecule has 1 amide bonds. The van der Waals surface area contributed by atoms with Crippen LogP contribution in [0.2, 0.25) is 0 Å². The molecule has 122 valence electrons. The molecule has 0 spiro atoms. The Morgan fingerprint density at radius 3 is 3.22 bits per heavy atom. The molecular weight excluding hydrogens is 330 g/mol. The molecule has 1 saturated heterocycles. The summed E-state index contributed by atoms with van der Waals surface area (Å²) >= 11 is 3.29. The van der Waals surface area contributed by atoms with Gasteiger partial charge in [0, 0.05) is 23.4 Å². The molecule has 2 aliphatic rings. The zero-order chi connectivity index (χ0) is 15.6. The average Bonchev–Trinajstić information content (AvgIpc) is 3.26. The molecule has 0 radical (unpaired) electrons. The van der Waals surface area contributed by atoms with Crippen LogP contribution in [0.5, 0.6) is 0 Å². The summed E-state index contributed by atoms with van der Waals surface area (Å²) in [4.78, 5) is 23.4. The van der Waals surface area contributed by atoms with Gasteiger partial charge < -0.3 is 10.1 Å². The highest BCUT2D eigenvalue weighted by Gasteiger charge is 2.22. The third-order valence-corrected chi connectivity index (χ3v) is 6.55. The molecule has 3 heterocycles. The van der Waals surface area contributed by atoms with Gasteiger partial charge in [-0.05, 0) is 37.7 Å². The molecule has 1 aliphatic heterocycles. The van der Waals surface area contributed by atoms with Crippen LogP contribution in [-0.2, 0) is 22.4 Å². The normalized spacial score (nSPS) is 20.1. The van der Waals surface area contributed by atoms with Crippen LogP contribution in [0.3, 0.4) is 0 Å². The third kappa shape index (κ3) is 3.22. The number of hydrogen-bond acceptors (Lipinski definition) is 6. The molecule has 0 bridgehead atoms. The molecule has 1 fully saturated rings. The molecular formula is C16H19N3O2S2. The van der Waals surface area contributed by atoms with Crippen molar-refractivity contribution < 1.29 is 9.53 Å². The van der Waals surface area contributed by atoms with Crippen LogP contribution < -0.4 is 5.32 Å². The number of carbonyl (C=O) groups excluding carboxylic acids is 1. The molecule has 4 rings (SSSR count). The minimum Gasteiger partial charge on any atom is -0.376 e. The number of amides is 1. The standard InChI is InChI=1S/C16H19N3O2S2/c20-13(17-7-10-3-2-6-21-10)8-22-15-14-11-4-1-5-12(11)23-16(14)19-9-18-15/h9-10H,1-8H2,(H,17,20)/t10-/m1/s1. The Labute approximate surface area is 143 Å². The van der Waals surface area contributed by atoms with Crippen LogP contribution in [-0.4, -0.2) is 40.9 Å². The molecule has 0 saturated carbocycles. The van der Waals surface area contributed by atoms with Crippen molar-refractivity contribution in [3.63, 3.8) is 0 Å². The maximum absolute atomic E-state index is 12.1. The SMILES string of the molecule is O=C(CSc1ncnc2sc3c(c12)CCC3)NC[C@H]1CCCO1. The van der Waals surface area contributed by atoms with Crippen LogP contribution in [0.1, 0.15) is 29.7 Å². The number of thioether (sulfide) groups is 1. The Morgan fingerprint density at radius 2 is 2.35 bits per heavy atom. The second-order valence-corrected chi connectivity index (χ2v) is 7.99. The summed E-state index contributed by atoms with van der Waals surface area (Å²) in [5.41, 5.74) is 1.41. The van der Waals surface area contributed by atoms with Gasteiger partial charge in [-0.1, -0.05) is 11.8 Å². The quantitative estimate of drug-likeness (QED) is 0.664. The van der Waals surface area contributed by atoms with Crippen molar-refractivity contribution in [3.05, 3.63) is 16.8 Å². The Kier molecular flexibility index (Phi) is 4.50. The molecule has 2 aromatic rings. The zero-order valence-corrected chi connectivity index (χ0v) is 14.5. The molecule has 5 nitrogen and oxygen atoms in total. The lowest BCUT2D eigenvalue weighted by Crippen LogP contribution is -2.32. The summed E-state index contributed by atoms with van der Waals surface area (Å²) in [6.45, 7) is 1.43. The van der Waals surface area contributed by atoms with E-state index in [1.165, 1.54) is 34.0 Å². The average molecular weight is 349 g/mol. The number of hydrogen-bond donors (Lipinski definition) is 1. The number of aryl methyl sites for hydroxylation is 2. The third-order valence-electron chi connectivity index (χ3n) is 4.36. The van der Waals surface area contributed by atoms with Crippen LogP contribution in [0.15, 0.2) is 11.4 Å². The molecule has 1 aliphatic carbocycles. The summed E-state index contributed by atoms with van der Waals surface area (Å²) < 4.78 is 5.52. The van der Waals surface area contributed by atoms with E-state index in [0.717, 1.165) is 42.1 Å². The number of nitrogens with zero attached hydrogens (tertiary/aromatic N) is 2. The van der Waals surface area contributed by atoms with E-state index < -0.39 is 0 Å². The van der Waals surface area contributed by atoms with Crippen molar-refractivity contribution in [2.45, 2.75) is 43.2 Å². The number of thiophene rings is 1. The van der Waals surface area contributed by atoms with Crippen LogP contribution in [0, 0.1) is 0 Å². The molecule has 0 unspecified atom stereocenters. The van der Waals surface area contributed by atoms with Crippen molar-refractivity contribution in [1.82, 2.24) is 15.3 Å². The highest BCUT2D eigenvalue weighted by molar-refractivity contribution is 8.00. The van der Waals surface area contributed by atoms with Gasteiger partial charge in [0.1, 0.15) is 16.2 Å². The van der Waals surface area contributed by atoms with Crippen molar-refractivity contribution in [3.8, 4) is 0 Å². The fourth-order valence-corrected chi connectivity index (χ4v) is 5.38. The van der Waals surface area contributed by atoms with Gasteiger partial charge >= 0.3 is 0 Å². The van der Waals surface area contributed by atoms with Gasteiger partial charge in [-0.3, -0.25) is 4.79 Å². The highest BCUT2D eigenvalue weighted by Crippen LogP contribution is 2.39. The summed E-state index contributed by atoms with van der Waals surface area (Å²) in [5, 5.41) is 5.09. The number of rotatable bonds is 5. The first-order chi connectivity index (χ1) is 11.3. The number of nitrogens with one attached hydrogen (secondary N) is 1. The van der Waals surface area contributed by atoms with Crippen molar-refractivity contribution >= 4 is 39.2 Å². The number of ether oxygens (including phenoxy) is 1. The van der Waals surface area contributed by atoms with E-state index in [1.54, 1.807) is 17.7 Å². The second-order valence-electron chi connectivity index (χ2n) is 5.94. The monoisotopic (exact) mass is 349 g/mol. The minimum absolute atomic E-state index is 0.0455. The first-order valence-electron chi connectivity index (χ1n) is 8.07. The first kappa shape index (κ1) is 15.4. The lowest BCUT2D eigenvalue weighted by atomic mass is 10.2. The van der Waals surface area contributed by atoms with E-state index in [4.69, 9.17) is 4.74 Å². The number of fused-ring (bicyclic) bond motifs is 3. The molecule has 0 aromatic carbocycles. The van der Waals surface area contributed by atoms with Crippen LogP contribution in [0.25, 0.3) is 10.2 Å². The van der Waals surface area contributed by atoms with Crippen molar-refractivity contribution in [1.29, 1.82) is 0 Å². The zero-order valence-electron chi connectivity index (χ0n) is 12.8. The summed E-state index contributed by atoms with van der Waals surface area (Å²) in [6.07, 6.45) is 7.43. The summed E-state index contributed by atoms with van der Waals surface area (Å²) in [6, 6.07) is 0. The van der Waals surface area contributed by atoms with E-state index in [2.05, 4.69) is 15.3 Å². The predicted octanol–water partition coefficient (Wildman–Crippen LogP) is 2.57. The fraction of sp³-hybridized carbons (Fsp3) is 0.562. The maximum Gasteiger partial charge on any atom is 0.230 e. The van der Waals surface area contributed by atoms with Crippen molar-refractivity contribution in [2.75, 3.05) is 18.9 Å². The fourth-order valence-electron chi connectivity index (χ4n) is 3.23. The van der Waals surface area contributed by atoms with E-state index in [0.29, 0.717) is 12.3 Å². The summed E-state index contributed by atoms with van der Waals surface area (Å²) in [7, 11) is 0. The number of carbonyl (C=O) groups is 1. The van der Waals surface area contributed by atoms with E-state index in [-0.39, 0.29) is 12.0 Å². The van der Waals surface area contributed by atoms with Gasteiger partial charge in [0.15, 0.2) is 0 Å². The Hall–Kier alpha value is -1.18. The van der Waals surface area contributed by atoms with Gasteiger partial charge in [0.05, 0.1) is 11.9 Å². The van der Waals surface area contributed by atoms with Crippen molar-refractivity contribution in [2.24, 2.45) is 0 Å². The molecule has 7 heteroatoms. The van der Waals surface area contributed by atoms with Gasteiger partial charge in [0.25, 0.3) is 0 Å². The summed E-state index contributed by atoms with van der Waals surface area (Å²) in [5.74, 6) is 0.438. The maximum atomic E-state index is 12.1. The largest absolute Gasteiger partial charge is 0.376 e. The van der Waals surface area contributed by atoms with Gasteiger partial charge in [-0.2, -0.15) is 0 Å². The number of aromatic nitrogens is 2. The Bertz CT molecular complexity index is 725. The van der Waals surface area contributed by atoms with E-state index in [1.807, 2.05) is 0 Å². The Balaban J connectivity index is 1.40. The first-order valence-corrected chi connectivity index (χ1v) is 9.88. The van der Waals surface area contributed by atoms with Gasteiger partial charge in [0.2, 0.25) is 5.91 Å². The lowest BCUT2D eigenvalue weighted by Gasteiger charge is -2.10. The van der Waals surface area contributed by atoms with Crippen LogP contribution in [0.4, 0.5) is 0 Å². The molecule has 1 atom stereocenters. The molecule has 23 heavy (non-hydrogen) atoms.